The molecule has 0 aromatic heterocycles. The van der Waals surface area contributed by atoms with Crippen LogP contribution in [-0.4, -0.2) is 17.4 Å². The van der Waals surface area contributed by atoms with Gasteiger partial charge in [-0.3, -0.25) is 4.79 Å². The monoisotopic (exact) mass is 1350 g/mol. The molecule has 9 aliphatic rings. The molecular formula is C93H23FeNOS4+2. The predicted octanol–water partition coefficient (Wildman–Crippen LogP) is 23.6. The van der Waals surface area contributed by atoms with Crippen molar-refractivity contribution in [3.63, 3.8) is 0 Å². The van der Waals surface area contributed by atoms with Crippen LogP contribution < -0.4 is 10.4 Å². The molecule has 3 fully saturated rings. The van der Waals surface area contributed by atoms with E-state index < -0.39 is 10.8 Å². The topological polar surface area (TPSA) is 20.3 Å². The Labute approximate surface area is 585 Å². The van der Waals surface area contributed by atoms with E-state index in [1.807, 2.05) is 79.2 Å². The Morgan fingerprint density at radius 2 is 0.570 bits per heavy atom. The molecule has 3 aliphatic heterocycles. The molecule has 2 nitrogen and oxygen atoms in total. The molecule has 1 amide bonds. The van der Waals surface area contributed by atoms with Crippen molar-refractivity contribution in [1.82, 2.24) is 4.90 Å². The Bertz CT molecular complexity index is 9110. The van der Waals surface area contributed by atoms with Crippen molar-refractivity contribution in [2.75, 3.05) is 6.54 Å². The minimum atomic E-state index is -0.713. The van der Waals surface area contributed by atoms with Crippen molar-refractivity contribution in [3.8, 4) is 0 Å². The molecule has 0 bridgehead atoms. The van der Waals surface area contributed by atoms with Crippen LogP contribution in [0.1, 0.15) is 33.9 Å². The van der Waals surface area contributed by atoms with Crippen molar-refractivity contribution in [3.05, 3.63) is 166 Å². The second-order valence-corrected chi connectivity index (χ2v) is 36.8. The van der Waals surface area contributed by atoms with Gasteiger partial charge in [0.15, 0.2) is 0 Å². The molecule has 2 saturated carbocycles. The van der Waals surface area contributed by atoms with Crippen LogP contribution in [0.2, 0.25) is 0 Å². The number of carbonyl (C=O) groups is 1. The molecule has 1 saturated heterocycles. The number of amides is 1. The third kappa shape index (κ3) is 3.21. The number of benzene rings is 21. The zero-order valence-corrected chi connectivity index (χ0v) is 55.5. The summed E-state index contributed by atoms with van der Waals surface area (Å²) in [7, 11) is 0. The van der Waals surface area contributed by atoms with Gasteiger partial charge in [-0.05, 0) is 426 Å². The van der Waals surface area contributed by atoms with Crippen molar-refractivity contribution in [2.45, 2.75) is 16.9 Å². The molecule has 1 unspecified atom stereocenters. The van der Waals surface area contributed by atoms with E-state index in [1.165, 1.54) is 46.0 Å². The van der Waals surface area contributed by atoms with Gasteiger partial charge in [-0.1, -0.05) is 83.4 Å². The fourth-order valence-electron chi connectivity index (χ4n) is 29.9. The summed E-state index contributed by atoms with van der Waals surface area (Å²) in [5, 5.41) is 103. The van der Waals surface area contributed by atoms with Gasteiger partial charge >= 0.3 is 17.1 Å². The number of thioether (sulfide) groups is 4. The Hall–Kier alpha value is -8.75. The summed E-state index contributed by atoms with van der Waals surface area (Å²) in [5.74, 6) is 0.981. The maximum absolute atomic E-state index is 17.4. The van der Waals surface area contributed by atoms with E-state index in [0.29, 0.717) is 6.54 Å². The van der Waals surface area contributed by atoms with Crippen LogP contribution in [0.4, 0.5) is 0 Å². The summed E-state index contributed by atoms with van der Waals surface area (Å²) in [6, 6.07) is 16.8. The molecule has 31 aromatic carbocycles. The number of carbonyl (C=O) groups excluding carboxylic acids is 1. The fraction of sp³-hybridized carbons (Fsp3) is 0.0430. The molecular weight excluding hydrogens is 1330 g/mol. The van der Waals surface area contributed by atoms with E-state index in [-0.39, 0.29) is 29.0 Å². The first-order valence-electron chi connectivity index (χ1n) is 35.4. The molecule has 31 aromatic rings. The zero-order valence-electron chi connectivity index (χ0n) is 51.2. The SMILES string of the molecule is O=C([C]1[CH][CH][CH][CH]1)N1CC23c4c5c6c7c8c9c(c%10c%11c2c2c4c4c%12c5c5c6c6c8c8c%13c9c9c%10c%10c%11c%11c2c2c4c4c%12c%12c5c5c6c8c6c8c%13c9c9c%10c%10c%11c2c2c4c4c%12c5c6c5c8c9c%10c2c45)C73C1c1ccc2c(=C3SC=CS3)c3ccccc3c(=C3SC=CS3)c2c1.[CH]1[CH][CH][CH][CH]1.[Fe+2]. The fourth-order valence-corrected chi connectivity index (χ4v) is 33.8. The normalized spacial score (nSPS) is 23.0. The van der Waals surface area contributed by atoms with Crippen molar-refractivity contribution >= 4 is 374 Å². The molecule has 436 valence electrons. The maximum Gasteiger partial charge on any atom is 2.00 e. The Kier molecular flexibility index (Phi) is 5.67. The van der Waals surface area contributed by atoms with Gasteiger partial charge in [-0.25, -0.2) is 0 Å². The Morgan fingerprint density at radius 1 is 0.310 bits per heavy atom. The van der Waals surface area contributed by atoms with Crippen molar-refractivity contribution in [1.29, 1.82) is 0 Å². The van der Waals surface area contributed by atoms with Crippen LogP contribution >= 0.6 is 47.0 Å². The van der Waals surface area contributed by atoms with Crippen LogP contribution in [0.15, 0.2) is 64.1 Å². The largest absolute Gasteiger partial charge is 2.00 e. The van der Waals surface area contributed by atoms with E-state index in [1.54, 1.807) is 313 Å². The van der Waals surface area contributed by atoms with E-state index in [0.717, 1.165) is 5.92 Å². The molecule has 100 heavy (non-hydrogen) atoms. The van der Waals surface area contributed by atoms with Gasteiger partial charge in [0.2, 0.25) is 5.91 Å². The smallest absolute Gasteiger partial charge is 0.333 e. The summed E-state index contributed by atoms with van der Waals surface area (Å²) in [5.41, 5.74) is 6.36. The third-order valence-electron chi connectivity index (χ3n) is 31.0. The zero-order chi connectivity index (χ0) is 60.7. The first-order valence-corrected chi connectivity index (χ1v) is 38.9. The van der Waals surface area contributed by atoms with Crippen LogP contribution in [-0.2, 0) is 32.7 Å². The van der Waals surface area contributed by atoms with Crippen LogP contribution in [0.5, 0.6) is 0 Å². The number of fused-ring (bicyclic) bond motifs is 2. The van der Waals surface area contributed by atoms with Gasteiger partial charge < -0.3 is 4.90 Å². The quantitative estimate of drug-likeness (QED) is 0.0974. The second-order valence-electron chi connectivity index (χ2n) is 32.6. The second kappa shape index (κ2) is 12.4. The van der Waals surface area contributed by atoms with E-state index >= 15 is 4.79 Å². The first-order chi connectivity index (χ1) is 49.3. The van der Waals surface area contributed by atoms with Crippen molar-refractivity contribution in [2.24, 2.45) is 0 Å². The third-order valence-corrected chi connectivity index (χ3v) is 35.3. The Morgan fingerprint density at radius 3 is 0.870 bits per heavy atom. The number of likely N-dealkylation sites (tertiary alicyclic amines) is 1. The number of rotatable bonds is 2. The number of hydrogen-bond donors (Lipinski definition) is 0. The molecule has 0 N–H and O–H groups in total. The van der Waals surface area contributed by atoms with E-state index in [9.17, 15) is 0 Å². The molecule has 6 aliphatic carbocycles. The molecule has 7 heteroatoms. The van der Waals surface area contributed by atoms with E-state index in [4.69, 9.17) is 0 Å². The standard InChI is InChI=1S/C88H18NOS4.C5H5.Fe/c90-84(17-5-1-2-6-17)89-16-87-79-71-63-53-43-35-27-25-26-29-33-31(27)39-47-41(33)51-45-37(29)38-30(26)34-32-28(25)36(35)44-50-40(32)48-42(34)52-46(38)56-55(45)67-61(51)69-59(47)65(57(63)49(39)43)73(79)75(69)81-77(67)78-68(56)62(52)70-60(48)66-58(50)64(54(44)53)72(71)80(87)74(66)76(70)82(78)88(81,87)83(89)18-9-10-21-22(15-18)24(86-93-13-14-94-86)20-8-4-3-7-19(20)23(21)85-91-11-12-92-85;1-2-4-5-3-1;/h1-15,83H,16H2;1-5H;/q;;+2. The van der Waals surface area contributed by atoms with Crippen LogP contribution in [0.25, 0.3) is 321 Å². The molecule has 2 spiro atoms. The van der Waals surface area contributed by atoms with Crippen LogP contribution in [0, 0.1) is 63.7 Å². The van der Waals surface area contributed by atoms with Gasteiger partial charge in [0.25, 0.3) is 0 Å². The van der Waals surface area contributed by atoms with Crippen LogP contribution in [0.3, 0.4) is 0 Å². The first kappa shape index (κ1) is 45.9. The van der Waals surface area contributed by atoms with Crippen molar-refractivity contribution < 1.29 is 21.9 Å². The summed E-state index contributed by atoms with van der Waals surface area (Å²) < 4.78 is 2.67. The minimum absolute atomic E-state index is 0. The summed E-state index contributed by atoms with van der Waals surface area (Å²) in [6.45, 7) is 0.620. The molecule has 10 radical (unpaired) electrons. The van der Waals surface area contributed by atoms with Gasteiger partial charge in [-0.15, -0.1) is 0 Å². The summed E-state index contributed by atoms with van der Waals surface area (Å²) >= 11 is 7.50. The molecule has 1 atom stereocenters. The summed E-state index contributed by atoms with van der Waals surface area (Å²) in [4.78, 5) is 20.0. The van der Waals surface area contributed by atoms with Gasteiger partial charge in [-0.2, -0.15) is 0 Å². The van der Waals surface area contributed by atoms with Gasteiger partial charge in [0, 0.05) is 17.0 Å². The molecule has 3 heterocycles. The predicted molar refractivity (Wildman–Crippen MR) is 426 cm³/mol. The molecule has 40 rings (SSSR count). The average Bonchev–Trinajstić information content (AvgIpc) is 1.38. The summed E-state index contributed by atoms with van der Waals surface area (Å²) in [6.07, 6.45) is 18.5. The average molecular weight is 1350 g/mol. The van der Waals surface area contributed by atoms with Gasteiger partial charge in [0.05, 0.1) is 31.3 Å². The minimum Gasteiger partial charge on any atom is -0.333 e. The number of hydrogen-bond acceptors (Lipinski definition) is 5. The number of nitrogens with zero attached hydrogens (tertiary/aromatic N) is 1. The Balaban J connectivity index is 0.000000783. The van der Waals surface area contributed by atoms with Gasteiger partial charge in [0.1, 0.15) is 0 Å². The van der Waals surface area contributed by atoms with E-state index in [2.05, 4.69) is 94.7 Å². The maximum atomic E-state index is 17.4.